The van der Waals surface area contributed by atoms with Crippen molar-refractivity contribution in [1.29, 1.82) is 0 Å². The van der Waals surface area contributed by atoms with Crippen molar-refractivity contribution >= 4 is 35.8 Å². The summed E-state index contributed by atoms with van der Waals surface area (Å²) in [4.78, 5) is 27.3. The molecule has 1 aliphatic rings. The molecule has 0 bridgehead atoms. The third kappa shape index (κ3) is 5.57. The molecule has 2 rings (SSSR count). The van der Waals surface area contributed by atoms with Crippen LogP contribution in [0.15, 0.2) is 24.3 Å². The number of carbonyl (C=O) groups excluding carboxylic acids is 2. The molecule has 2 N–H and O–H groups in total. The summed E-state index contributed by atoms with van der Waals surface area (Å²) in [5.74, 6) is 0.427. The van der Waals surface area contributed by atoms with Gasteiger partial charge in [0.2, 0.25) is 5.91 Å². The van der Waals surface area contributed by atoms with Gasteiger partial charge in [0.15, 0.2) is 6.61 Å². The van der Waals surface area contributed by atoms with Crippen molar-refractivity contribution in [2.75, 3.05) is 32.8 Å². The van der Waals surface area contributed by atoms with Gasteiger partial charge in [-0.2, -0.15) is 0 Å². The number of carbonyl (C=O) groups is 2. The standard InChI is InChI=1S/C15H20ClN3O3.ClH/c1-11(17)15(21)19-8-6-18(7-9-19)14(20)10-22-13-4-2-12(16)3-5-13;/h2-5,11H,6-10,17H2,1H3;1H/t11-;/m1./s1. The van der Waals surface area contributed by atoms with E-state index in [0.29, 0.717) is 37.0 Å². The van der Waals surface area contributed by atoms with Crippen molar-refractivity contribution in [3.63, 3.8) is 0 Å². The minimum atomic E-state index is -0.504. The van der Waals surface area contributed by atoms with Crippen LogP contribution in [0.1, 0.15) is 6.92 Å². The first-order valence-electron chi connectivity index (χ1n) is 7.18. The lowest BCUT2D eigenvalue weighted by molar-refractivity contribution is -0.141. The van der Waals surface area contributed by atoms with Crippen molar-refractivity contribution in [2.45, 2.75) is 13.0 Å². The van der Waals surface area contributed by atoms with E-state index in [4.69, 9.17) is 22.1 Å². The fraction of sp³-hybridized carbons (Fsp3) is 0.467. The molecule has 6 nitrogen and oxygen atoms in total. The molecule has 1 aromatic rings. The summed E-state index contributed by atoms with van der Waals surface area (Å²) >= 11 is 5.79. The molecule has 0 saturated carbocycles. The maximum atomic E-state index is 12.1. The number of amides is 2. The Labute approximate surface area is 146 Å². The SMILES string of the molecule is C[C@@H](N)C(=O)N1CCN(C(=O)COc2ccc(Cl)cc2)CC1.Cl. The van der Waals surface area contributed by atoms with Crippen molar-refractivity contribution in [1.82, 2.24) is 9.80 Å². The fourth-order valence-corrected chi connectivity index (χ4v) is 2.36. The number of benzene rings is 1. The second kappa shape index (κ2) is 8.96. The minimum absolute atomic E-state index is 0. The first-order chi connectivity index (χ1) is 10.5. The van der Waals surface area contributed by atoms with Crippen LogP contribution in [0, 0.1) is 0 Å². The number of rotatable bonds is 4. The van der Waals surface area contributed by atoms with Gasteiger partial charge in [-0.05, 0) is 31.2 Å². The van der Waals surface area contributed by atoms with Crippen molar-refractivity contribution in [3.8, 4) is 5.75 Å². The Morgan fingerprint density at radius 2 is 1.70 bits per heavy atom. The molecule has 1 aromatic carbocycles. The van der Waals surface area contributed by atoms with Gasteiger partial charge in [0.05, 0.1) is 6.04 Å². The highest BCUT2D eigenvalue weighted by molar-refractivity contribution is 6.30. The number of ether oxygens (including phenoxy) is 1. The molecule has 0 spiro atoms. The van der Waals surface area contributed by atoms with E-state index in [9.17, 15) is 9.59 Å². The summed E-state index contributed by atoms with van der Waals surface area (Å²) in [5, 5.41) is 0.619. The Balaban J connectivity index is 0.00000264. The highest BCUT2D eigenvalue weighted by Gasteiger charge is 2.25. The topological polar surface area (TPSA) is 75.9 Å². The summed E-state index contributed by atoms with van der Waals surface area (Å²) in [5.41, 5.74) is 5.58. The van der Waals surface area contributed by atoms with Gasteiger partial charge < -0.3 is 20.3 Å². The molecule has 0 radical (unpaired) electrons. The van der Waals surface area contributed by atoms with Gasteiger partial charge in [0.25, 0.3) is 5.91 Å². The van der Waals surface area contributed by atoms with E-state index in [1.165, 1.54) is 0 Å². The lowest BCUT2D eigenvalue weighted by Gasteiger charge is -2.35. The Morgan fingerprint density at radius 1 is 1.17 bits per heavy atom. The molecule has 1 heterocycles. The number of halogens is 2. The Morgan fingerprint density at radius 3 is 2.22 bits per heavy atom. The molecule has 1 fully saturated rings. The lowest BCUT2D eigenvalue weighted by atomic mass is 10.2. The van der Waals surface area contributed by atoms with E-state index in [1.54, 1.807) is 41.0 Å². The van der Waals surface area contributed by atoms with Gasteiger partial charge in [-0.15, -0.1) is 12.4 Å². The van der Waals surface area contributed by atoms with Crippen molar-refractivity contribution < 1.29 is 14.3 Å². The van der Waals surface area contributed by atoms with E-state index in [2.05, 4.69) is 0 Å². The number of piperazine rings is 1. The van der Waals surface area contributed by atoms with Crippen LogP contribution in [0.25, 0.3) is 0 Å². The van der Waals surface area contributed by atoms with Crippen LogP contribution in [0.2, 0.25) is 5.02 Å². The zero-order chi connectivity index (χ0) is 16.1. The number of nitrogens with zero attached hydrogens (tertiary/aromatic N) is 2. The summed E-state index contributed by atoms with van der Waals surface area (Å²) in [7, 11) is 0. The second-order valence-electron chi connectivity index (χ2n) is 5.24. The Hall–Kier alpha value is -1.50. The maximum Gasteiger partial charge on any atom is 0.260 e. The summed E-state index contributed by atoms with van der Waals surface area (Å²) < 4.78 is 5.44. The molecule has 1 atom stereocenters. The maximum absolute atomic E-state index is 12.1. The monoisotopic (exact) mass is 361 g/mol. The molecule has 0 aromatic heterocycles. The molecule has 23 heavy (non-hydrogen) atoms. The second-order valence-corrected chi connectivity index (χ2v) is 5.67. The first-order valence-corrected chi connectivity index (χ1v) is 7.55. The van der Waals surface area contributed by atoms with Crippen LogP contribution >= 0.6 is 24.0 Å². The average Bonchev–Trinajstić information content (AvgIpc) is 2.53. The largest absolute Gasteiger partial charge is 0.484 e. The van der Waals surface area contributed by atoms with E-state index in [0.717, 1.165) is 0 Å². The normalized spacial score (nSPS) is 15.6. The van der Waals surface area contributed by atoms with Gasteiger partial charge in [0.1, 0.15) is 5.75 Å². The zero-order valence-electron chi connectivity index (χ0n) is 12.9. The van der Waals surface area contributed by atoms with E-state index < -0.39 is 6.04 Å². The fourth-order valence-electron chi connectivity index (χ4n) is 2.23. The molecule has 1 aliphatic heterocycles. The lowest BCUT2D eigenvalue weighted by Crippen LogP contribution is -2.54. The van der Waals surface area contributed by atoms with Crippen molar-refractivity contribution in [3.05, 3.63) is 29.3 Å². The predicted octanol–water partition coefficient (Wildman–Crippen LogP) is 1.16. The van der Waals surface area contributed by atoms with Crippen LogP contribution in [0.3, 0.4) is 0 Å². The third-order valence-corrected chi connectivity index (χ3v) is 3.76. The van der Waals surface area contributed by atoms with Gasteiger partial charge in [0, 0.05) is 31.2 Å². The third-order valence-electron chi connectivity index (χ3n) is 3.51. The van der Waals surface area contributed by atoms with Gasteiger partial charge in [-0.1, -0.05) is 11.6 Å². The van der Waals surface area contributed by atoms with Gasteiger partial charge in [-0.3, -0.25) is 9.59 Å². The summed E-state index contributed by atoms with van der Waals surface area (Å²) in [6, 6.07) is 6.35. The summed E-state index contributed by atoms with van der Waals surface area (Å²) in [6.07, 6.45) is 0. The highest BCUT2D eigenvalue weighted by Crippen LogP contribution is 2.15. The minimum Gasteiger partial charge on any atom is -0.484 e. The number of nitrogens with two attached hydrogens (primary N) is 1. The molecule has 0 unspecified atom stereocenters. The van der Waals surface area contributed by atoms with Crippen LogP contribution < -0.4 is 10.5 Å². The molecular weight excluding hydrogens is 341 g/mol. The van der Waals surface area contributed by atoms with E-state index in [-0.39, 0.29) is 30.8 Å². The molecule has 1 saturated heterocycles. The van der Waals surface area contributed by atoms with E-state index >= 15 is 0 Å². The van der Waals surface area contributed by atoms with Crippen molar-refractivity contribution in [2.24, 2.45) is 5.73 Å². The Bertz CT molecular complexity index is 529. The molecule has 2 amide bonds. The molecule has 128 valence electrons. The number of hydrogen-bond acceptors (Lipinski definition) is 4. The van der Waals surface area contributed by atoms with Crippen LogP contribution in [0.4, 0.5) is 0 Å². The van der Waals surface area contributed by atoms with Crippen LogP contribution in [-0.2, 0) is 9.59 Å². The first kappa shape index (κ1) is 19.5. The molecular formula is C15H21Cl2N3O3. The van der Waals surface area contributed by atoms with E-state index in [1.807, 2.05) is 0 Å². The summed E-state index contributed by atoms with van der Waals surface area (Å²) in [6.45, 7) is 3.66. The van der Waals surface area contributed by atoms with Crippen LogP contribution in [0.5, 0.6) is 5.75 Å². The quantitative estimate of drug-likeness (QED) is 0.872. The smallest absolute Gasteiger partial charge is 0.260 e. The Kier molecular flexibility index (Phi) is 7.61. The number of hydrogen-bond donors (Lipinski definition) is 1. The predicted molar refractivity (Wildman–Crippen MR) is 91.0 cm³/mol. The molecule has 0 aliphatic carbocycles. The molecule has 8 heteroatoms. The average molecular weight is 362 g/mol. The van der Waals surface area contributed by atoms with Gasteiger partial charge in [-0.25, -0.2) is 0 Å². The highest BCUT2D eigenvalue weighted by atomic mass is 35.5. The van der Waals surface area contributed by atoms with Gasteiger partial charge >= 0.3 is 0 Å². The van der Waals surface area contributed by atoms with Crippen LogP contribution in [-0.4, -0.2) is 60.4 Å². The zero-order valence-corrected chi connectivity index (χ0v) is 14.5.